The molecule has 0 bridgehead atoms. The van der Waals surface area contributed by atoms with Gasteiger partial charge in [-0.05, 0) is 43.7 Å². The summed E-state index contributed by atoms with van der Waals surface area (Å²) in [6.07, 6.45) is 1.58. The molecule has 0 N–H and O–H groups in total. The summed E-state index contributed by atoms with van der Waals surface area (Å²) in [6, 6.07) is 15.6. The van der Waals surface area contributed by atoms with Crippen molar-refractivity contribution >= 4 is 22.6 Å². The quantitative estimate of drug-likeness (QED) is 0.459. The number of aryl methyl sites for hydroxylation is 1. The summed E-state index contributed by atoms with van der Waals surface area (Å²) in [5.41, 5.74) is 2.20. The second-order valence-electron chi connectivity index (χ2n) is 8.31. The molecular formula is C25H28N4O3. The van der Waals surface area contributed by atoms with Gasteiger partial charge < -0.3 is 9.80 Å². The number of allylic oxidation sites excluding steroid dienone is 1. The molecule has 7 nitrogen and oxygen atoms in total. The van der Waals surface area contributed by atoms with Crippen LogP contribution >= 0.6 is 0 Å². The van der Waals surface area contributed by atoms with Gasteiger partial charge in [0.05, 0.1) is 11.0 Å². The molecule has 0 radical (unpaired) electrons. The van der Waals surface area contributed by atoms with Crippen LogP contribution in [0.15, 0.2) is 70.8 Å². The zero-order valence-corrected chi connectivity index (χ0v) is 18.5. The van der Waals surface area contributed by atoms with Crippen LogP contribution in [0.4, 0.5) is 5.69 Å². The summed E-state index contributed by atoms with van der Waals surface area (Å²) in [4.78, 5) is 42.8. The zero-order chi connectivity index (χ0) is 22.8. The second-order valence-corrected chi connectivity index (χ2v) is 8.31. The van der Waals surface area contributed by atoms with Gasteiger partial charge in [0.1, 0.15) is 6.54 Å². The van der Waals surface area contributed by atoms with Crippen molar-refractivity contribution in [1.82, 2.24) is 14.0 Å². The van der Waals surface area contributed by atoms with Crippen LogP contribution in [-0.4, -0.2) is 45.6 Å². The Morgan fingerprint density at radius 2 is 1.72 bits per heavy atom. The highest BCUT2D eigenvalue weighted by atomic mass is 16.2. The first kappa shape index (κ1) is 21.6. The number of nitrogens with zero attached hydrogens (tertiary/aromatic N) is 4. The van der Waals surface area contributed by atoms with Crippen LogP contribution in [0.2, 0.25) is 0 Å². The third-order valence-corrected chi connectivity index (χ3v) is 6.06. The van der Waals surface area contributed by atoms with Crippen LogP contribution in [-0.2, 0) is 17.9 Å². The van der Waals surface area contributed by atoms with Crippen LogP contribution in [0.5, 0.6) is 0 Å². The van der Waals surface area contributed by atoms with E-state index in [0.29, 0.717) is 30.7 Å². The van der Waals surface area contributed by atoms with E-state index in [1.165, 1.54) is 14.7 Å². The van der Waals surface area contributed by atoms with E-state index in [1.54, 1.807) is 29.2 Å². The summed E-state index contributed by atoms with van der Waals surface area (Å²) in [6.45, 7) is 9.77. The van der Waals surface area contributed by atoms with E-state index in [4.69, 9.17) is 0 Å². The molecule has 0 unspecified atom stereocenters. The van der Waals surface area contributed by atoms with Gasteiger partial charge in [0.2, 0.25) is 5.91 Å². The Morgan fingerprint density at radius 3 is 2.38 bits per heavy atom. The second kappa shape index (κ2) is 8.86. The monoisotopic (exact) mass is 432 g/mol. The molecule has 0 spiro atoms. The Labute approximate surface area is 186 Å². The van der Waals surface area contributed by atoms with Crippen molar-refractivity contribution in [2.24, 2.45) is 0 Å². The molecule has 1 aliphatic rings. The number of amides is 1. The maximum Gasteiger partial charge on any atom is 0.317 e. The van der Waals surface area contributed by atoms with Gasteiger partial charge in [0.25, 0.3) is 0 Å². The molecule has 1 saturated heterocycles. The molecule has 1 amide bonds. The van der Waals surface area contributed by atoms with Crippen LogP contribution < -0.4 is 16.0 Å². The molecule has 1 aromatic heterocycles. The number of benzene rings is 2. The van der Waals surface area contributed by atoms with Crippen LogP contribution in [0.3, 0.4) is 0 Å². The number of aromatic nitrogens is 2. The van der Waals surface area contributed by atoms with Crippen molar-refractivity contribution in [2.45, 2.75) is 33.0 Å². The fraction of sp³-hybridized carbons (Fsp3) is 0.320. The van der Waals surface area contributed by atoms with Crippen molar-refractivity contribution in [2.75, 3.05) is 24.5 Å². The Hall–Kier alpha value is -3.61. The van der Waals surface area contributed by atoms with Crippen LogP contribution in [0, 0.1) is 6.92 Å². The summed E-state index contributed by atoms with van der Waals surface area (Å²) in [5, 5.41) is 0. The average Bonchev–Trinajstić information content (AvgIpc) is 2.79. The van der Waals surface area contributed by atoms with E-state index in [-0.39, 0.29) is 25.0 Å². The van der Waals surface area contributed by atoms with Crippen molar-refractivity contribution in [3.63, 3.8) is 0 Å². The number of piperazine rings is 1. The topological polar surface area (TPSA) is 67.5 Å². The first-order valence-corrected chi connectivity index (χ1v) is 10.8. The van der Waals surface area contributed by atoms with Gasteiger partial charge in [-0.3, -0.25) is 23.5 Å². The Kier molecular flexibility index (Phi) is 5.99. The van der Waals surface area contributed by atoms with E-state index < -0.39 is 11.1 Å². The molecule has 7 heteroatoms. The fourth-order valence-electron chi connectivity index (χ4n) is 4.45. The van der Waals surface area contributed by atoms with Gasteiger partial charge in [0, 0.05) is 37.9 Å². The highest BCUT2D eigenvalue weighted by Crippen LogP contribution is 2.22. The summed E-state index contributed by atoms with van der Waals surface area (Å²) >= 11 is 0. The lowest BCUT2D eigenvalue weighted by atomic mass is 10.1. The molecule has 1 aliphatic heterocycles. The van der Waals surface area contributed by atoms with Crippen molar-refractivity contribution < 1.29 is 4.79 Å². The number of carbonyl (C=O) groups is 1. The molecule has 2 aromatic carbocycles. The van der Waals surface area contributed by atoms with Crippen molar-refractivity contribution in [1.29, 1.82) is 0 Å². The van der Waals surface area contributed by atoms with Crippen molar-refractivity contribution in [3.05, 3.63) is 87.5 Å². The first-order chi connectivity index (χ1) is 15.4. The normalized spacial score (nSPS) is 16.4. The Balaban J connectivity index is 1.58. The molecule has 0 aliphatic carbocycles. The molecule has 0 saturated carbocycles. The molecular weight excluding hydrogens is 404 g/mol. The zero-order valence-electron chi connectivity index (χ0n) is 18.5. The van der Waals surface area contributed by atoms with Gasteiger partial charge in [0.15, 0.2) is 0 Å². The molecule has 4 rings (SSSR count). The highest BCUT2D eigenvalue weighted by Gasteiger charge is 2.27. The maximum atomic E-state index is 13.2. The largest absolute Gasteiger partial charge is 0.365 e. The maximum absolute atomic E-state index is 13.2. The van der Waals surface area contributed by atoms with Gasteiger partial charge >= 0.3 is 11.1 Å². The molecule has 1 fully saturated rings. The highest BCUT2D eigenvalue weighted by molar-refractivity contribution is 5.80. The predicted molar refractivity (Wildman–Crippen MR) is 127 cm³/mol. The number of para-hydroxylation sites is 2. The SMILES string of the molecule is C=CCn1c(=O)c(=O)n(CC(=O)N2CCN(c3cccc(C)c3)[C@@H](C)C2)c2ccccc21. The lowest BCUT2D eigenvalue weighted by Gasteiger charge is -2.41. The average molecular weight is 433 g/mol. The van der Waals surface area contributed by atoms with Crippen LogP contribution in [0.25, 0.3) is 11.0 Å². The minimum atomic E-state index is -0.689. The molecule has 166 valence electrons. The van der Waals surface area contributed by atoms with Gasteiger partial charge in [-0.2, -0.15) is 0 Å². The number of carbonyl (C=O) groups excluding carboxylic acids is 1. The molecule has 1 atom stereocenters. The van der Waals surface area contributed by atoms with E-state index in [9.17, 15) is 14.4 Å². The van der Waals surface area contributed by atoms with E-state index >= 15 is 0 Å². The number of rotatable bonds is 5. The fourth-order valence-corrected chi connectivity index (χ4v) is 4.45. The standard InChI is InChI=1S/C25H28N4O3/c1-4-12-28-21-10-5-6-11-22(21)29(25(32)24(28)31)17-23(30)26-13-14-27(19(3)16-26)20-9-7-8-18(2)15-20/h4-11,15,19H,1,12-14,16-17H2,2-3H3/t19-/m0/s1. The molecule has 2 heterocycles. The smallest absolute Gasteiger partial charge is 0.317 e. The number of hydrogen-bond donors (Lipinski definition) is 0. The number of hydrogen-bond acceptors (Lipinski definition) is 4. The van der Waals surface area contributed by atoms with E-state index in [0.717, 1.165) is 5.69 Å². The summed E-state index contributed by atoms with van der Waals surface area (Å²) < 4.78 is 2.70. The van der Waals surface area contributed by atoms with E-state index in [2.05, 4.69) is 43.5 Å². The van der Waals surface area contributed by atoms with Crippen molar-refractivity contribution in [3.8, 4) is 0 Å². The van der Waals surface area contributed by atoms with E-state index in [1.807, 2.05) is 12.1 Å². The lowest BCUT2D eigenvalue weighted by molar-refractivity contribution is -0.132. The Morgan fingerprint density at radius 1 is 1.03 bits per heavy atom. The number of fused-ring (bicyclic) bond motifs is 1. The van der Waals surface area contributed by atoms with Gasteiger partial charge in [-0.15, -0.1) is 6.58 Å². The van der Waals surface area contributed by atoms with Gasteiger partial charge in [-0.25, -0.2) is 0 Å². The number of anilines is 1. The third kappa shape index (κ3) is 3.98. The third-order valence-electron chi connectivity index (χ3n) is 6.06. The lowest BCUT2D eigenvalue weighted by Crippen LogP contribution is -2.55. The molecule has 32 heavy (non-hydrogen) atoms. The first-order valence-electron chi connectivity index (χ1n) is 10.8. The van der Waals surface area contributed by atoms with Gasteiger partial charge in [-0.1, -0.05) is 30.3 Å². The minimum absolute atomic E-state index is 0.142. The minimum Gasteiger partial charge on any atom is -0.365 e. The van der Waals surface area contributed by atoms with Crippen LogP contribution in [0.1, 0.15) is 12.5 Å². The predicted octanol–water partition coefficient (Wildman–Crippen LogP) is 2.39. The summed E-state index contributed by atoms with van der Waals surface area (Å²) in [7, 11) is 0. The Bertz CT molecular complexity index is 1290. The molecule has 3 aromatic rings. The summed E-state index contributed by atoms with van der Waals surface area (Å²) in [5.74, 6) is -0.158.